The number of nitrogen functional groups attached to an aromatic ring is 1. The number of oxime groups is 1. The van der Waals surface area contributed by atoms with Gasteiger partial charge in [-0.05, 0) is 12.1 Å². The lowest BCUT2D eigenvalue weighted by Crippen LogP contribution is -2.71. The van der Waals surface area contributed by atoms with Crippen LogP contribution in [0.15, 0.2) is 39.0 Å². The molecule has 8 N–H and O–H groups in total. The first kappa shape index (κ1) is 31.5. The molecule has 2 aromatic rings. The first-order valence-corrected chi connectivity index (χ1v) is 16.3. The SMILES string of the molecule is CC[C@H]([NH3+])C(=O)NCCSCc1ncccc1SC1=C(C(=O)[O-])N2C(=O)[C@@H](NC(=O)/C(=N\O)c3nsc(N)n3)[C@H]2SC1. The number of hydrogen-bond donors (Lipinski definition) is 5. The van der Waals surface area contributed by atoms with E-state index in [1.54, 1.807) is 24.0 Å². The largest absolute Gasteiger partial charge is 0.543 e. The van der Waals surface area contributed by atoms with Gasteiger partial charge < -0.3 is 37.2 Å². The van der Waals surface area contributed by atoms with E-state index >= 15 is 0 Å². The van der Waals surface area contributed by atoms with Gasteiger partial charge in [0.2, 0.25) is 11.5 Å². The van der Waals surface area contributed by atoms with E-state index < -0.39 is 34.9 Å². The lowest BCUT2D eigenvalue weighted by molar-refractivity contribution is -0.404. The Kier molecular flexibility index (Phi) is 10.7. The van der Waals surface area contributed by atoms with E-state index in [1.807, 2.05) is 13.0 Å². The Bertz CT molecular complexity index is 1430. The third kappa shape index (κ3) is 6.97. The molecule has 1 fully saturated rings. The van der Waals surface area contributed by atoms with Gasteiger partial charge in [-0.15, -0.1) is 11.8 Å². The molecular weight excluding hydrogens is 627 g/mol. The Labute approximate surface area is 256 Å². The minimum atomic E-state index is -1.52. The number of amides is 3. The van der Waals surface area contributed by atoms with Gasteiger partial charge in [-0.1, -0.05) is 23.8 Å². The van der Waals surface area contributed by atoms with Crippen molar-refractivity contribution in [2.75, 3.05) is 23.8 Å². The van der Waals surface area contributed by atoms with Gasteiger partial charge in [0.25, 0.3) is 17.7 Å². The highest BCUT2D eigenvalue weighted by molar-refractivity contribution is 8.06. The first-order valence-electron chi connectivity index (χ1n) is 12.5. The molecule has 0 saturated carbocycles. The Morgan fingerprint density at radius 3 is 2.86 bits per heavy atom. The number of carboxylic acids is 1. The normalized spacial score (nSPS) is 19.1. The van der Waals surface area contributed by atoms with E-state index in [0.717, 1.165) is 27.0 Å². The van der Waals surface area contributed by atoms with E-state index in [1.165, 1.54) is 23.5 Å². The molecule has 19 heteroatoms. The number of carboxylic acid groups (broad SMARTS) is 1. The predicted molar refractivity (Wildman–Crippen MR) is 156 cm³/mol. The van der Waals surface area contributed by atoms with Crippen molar-refractivity contribution in [3.05, 3.63) is 40.5 Å². The molecule has 0 unspecified atom stereocenters. The summed E-state index contributed by atoms with van der Waals surface area (Å²) in [5.74, 6) is -1.98. The molecule has 0 bridgehead atoms. The fourth-order valence-electron chi connectivity index (χ4n) is 3.89. The number of carbonyl (C=O) groups excluding carboxylic acids is 4. The number of carbonyl (C=O) groups is 4. The summed E-state index contributed by atoms with van der Waals surface area (Å²) in [7, 11) is 0. The second kappa shape index (κ2) is 14.2. The number of nitrogens with two attached hydrogens (primary N) is 1. The van der Waals surface area contributed by atoms with Gasteiger partial charge in [0.05, 0.1) is 17.4 Å². The highest BCUT2D eigenvalue weighted by Crippen LogP contribution is 2.45. The number of pyridine rings is 1. The second-order valence-corrected chi connectivity index (χ2v) is 13.0. The zero-order valence-corrected chi connectivity index (χ0v) is 25.4. The van der Waals surface area contributed by atoms with Crippen molar-refractivity contribution in [3.8, 4) is 0 Å². The molecule has 0 spiro atoms. The molecule has 2 aliphatic rings. The Hall–Kier alpha value is -3.39. The molecule has 0 aromatic carbocycles. The van der Waals surface area contributed by atoms with Crippen molar-refractivity contribution in [3.63, 3.8) is 0 Å². The minimum absolute atomic E-state index is 0.0557. The number of hydrogen-bond acceptors (Lipinski definition) is 15. The van der Waals surface area contributed by atoms with Gasteiger partial charge in [0, 0.05) is 57.8 Å². The summed E-state index contributed by atoms with van der Waals surface area (Å²) in [6.07, 6.45) is 2.30. The molecule has 0 aliphatic carbocycles. The maximum Gasteiger partial charge on any atom is 0.278 e. The van der Waals surface area contributed by atoms with Crippen LogP contribution in [0.5, 0.6) is 0 Å². The van der Waals surface area contributed by atoms with Crippen molar-refractivity contribution >= 4 is 81.4 Å². The van der Waals surface area contributed by atoms with Crippen molar-refractivity contribution in [2.24, 2.45) is 5.16 Å². The molecule has 15 nitrogen and oxygen atoms in total. The van der Waals surface area contributed by atoms with Crippen LogP contribution in [0.3, 0.4) is 0 Å². The summed E-state index contributed by atoms with van der Waals surface area (Å²) < 4.78 is 3.83. The quantitative estimate of drug-likeness (QED) is 0.0528. The monoisotopic (exact) mass is 653 g/mol. The van der Waals surface area contributed by atoms with E-state index in [4.69, 9.17) is 5.73 Å². The average molecular weight is 654 g/mol. The van der Waals surface area contributed by atoms with E-state index in [9.17, 15) is 29.5 Å². The number of aliphatic carboxylic acids is 1. The standard InChI is InChI=1S/C23H27N9O6S4/c1-2-10(24)18(33)27-6-7-39-8-11-12(4-3-5-26-11)41-13-9-40-21-15(20(35)32(21)16(13)22(36)37)28-19(34)14(30-38)17-29-23(25)42-31-17/h3-5,10,15,21,38H,2,6-9,24H2,1H3,(H,27,33)(H,28,34)(H,36,37)(H2,25,29,31)/b30-14-/t10-,15+,21+/m0/s1. The van der Waals surface area contributed by atoms with Crippen LogP contribution in [0.2, 0.25) is 0 Å². The van der Waals surface area contributed by atoms with Crippen molar-refractivity contribution in [1.29, 1.82) is 0 Å². The van der Waals surface area contributed by atoms with Crippen molar-refractivity contribution in [2.45, 2.75) is 41.5 Å². The molecule has 3 atom stereocenters. The smallest absolute Gasteiger partial charge is 0.278 e. The Morgan fingerprint density at radius 2 is 2.19 bits per heavy atom. The molecule has 2 aliphatic heterocycles. The van der Waals surface area contributed by atoms with E-state index in [0.29, 0.717) is 29.4 Å². The van der Waals surface area contributed by atoms with Gasteiger partial charge >= 0.3 is 0 Å². The molecule has 4 rings (SSSR count). The number of quaternary nitrogens is 1. The van der Waals surface area contributed by atoms with E-state index in [2.05, 4.69) is 35.9 Å². The zero-order chi connectivity index (χ0) is 30.4. The van der Waals surface area contributed by atoms with Crippen LogP contribution < -0.4 is 27.2 Å². The maximum absolute atomic E-state index is 13.0. The highest BCUT2D eigenvalue weighted by atomic mass is 32.2. The van der Waals surface area contributed by atoms with E-state index in [-0.39, 0.29) is 34.4 Å². The number of aromatic nitrogens is 3. The van der Waals surface area contributed by atoms with Crippen LogP contribution in [0.1, 0.15) is 24.9 Å². The number of anilines is 1. The Morgan fingerprint density at radius 1 is 1.40 bits per heavy atom. The molecule has 4 heterocycles. The molecule has 224 valence electrons. The number of thioether (sulfide) groups is 3. The number of rotatable bonds is 13. The number of nitrogens with one attached hydrogen (secondary N) is 2. The number of nitrogens with zero attached hydrogens (tertiary/aromatic N) is 5. The minimum Gasteiger partial charge on any atom is -0.543 e. The first-order chi connectivity index (χ1) is 20.2. The lowest BCUT2D eigenvalue weighted by atomic mass is 10.0. The van der Waals surface area contributed by atoms with Gasteiger partial charge in [0.15, 0.2) is 11.2 Å². The fourth-order valence-corrected chi connectivity index (χ4v) is 7.80. The third-order valence-electron chi connectivity index (χ3n) is 6.11. The lowest BCUT2D eigenvalue weighted by Gasteiger charge is -2.50. The van der Waals surface area contributed by atoms with Crippen molar-refractivity contribution in [1.82, 2.24) is 29.9 Å². The summed E-state index contributed by atoms with van der Waals surface area (Å²) in [6.45, 7) is 2.38. The summed E-state index contributed by atoms with van der Waals surface area (Å²) in [4.78, 5) is 60.3. The van der Waals surface area contributed by atoms with Crippen LogP contribution in [0.25, 0.3) is 0 Å². The third-order valence-corrected chi connectivity index (χ3v) is 10.3. The van der Waals surface area contributed by atoms with Crippen LogP contribution in [0, 0.1) is 0 Å². The predicted octanol–water partition coefficient (Wildman–Crippen LogP) is -1.78. The Balaban J connectivity index is 1.41. The van der Waals surface area contributed by atoms with Crippen LogP contribution in [-0.2, 0) is 24.9 Å². The molecular formula is C23H27N9O6S4. The van der Waals surface area contributed by atoms with Crippen LogP contribution in [0.4, 0.5) is 5.13 Å². The topological polar surface area (TPSA) is 244 Å². The summed E-state index contributed by atoms with van der Waals surface area (Å²) >= 11 is 4.83. The number of fused-ring (bicyclic) bond motifs is 1. The van der Waals surface area contributed by atoms with Crippen LogP contribution >= 0.6 is 46.8 Å². The molecule has 0 radical (unpaired) electrons. The molecule has 2 aromatic heterocycles. The van der Waals surface area contributed by atoms with Crippen molar-refractivity contribution < 1.29 is 35.2 Å². The maximum atomic E-state index is 13.0. The summed E-state index contributed by atoms with van der Waals surface area (Å²) in [5, 5.41) is 29.1. The highest BCUT2D eigenvalue weighted by Gasteiger charge is 2.53. The molecule has 3 amide bonds. The molecule has 42 heavy (non-hydrogen) atoms. The average Bonchev–Trinajstić information content (AvgIpc) is 3.41. The van der Waals surface area contributed by atoms with Gasteiger partial charge in [-0.2, -0.15) is 21.1 Å². The summed E-state index contributed by atoms with van der Waals surface area (Å²) in [5.41, 5.74) is 9.25. The second-order valence-electron chi connectivity index (χ2n) is 8.82. The van der Waals surface area contributed by atoms with Crippen LogP contribution in [-0.4, -0.2) is 89.4 Å². The summed E-state index contributed by atoms with van der Waals surface area (Å²) in [6, 6.07) is 2.19. The van der Waals surface area contributed by atoms with Gasteiger partial charge in [-0.3, -0.25) is 24.3 Å². The zero-order valence-electron chi connectivity index (χ0n) is 22.1. The molecule has 1 saturated heterocycles. The van der Waals surface area contributed by atoms with Gasteiger partial charge in [0.1, 0.15) is 11.4 Å². The fraction of sp³-hybridized carbons (Fsp3) is 0.391. The van der Waals surface area contributed by atoms with Gasteiger partial charge in [-0.25, -0.2) is 0 Å². The number of β-lactam (4-membered cyclic amide) rings is 1.